The third kappa shape index (κ3) is 4.69. The van der Waals surface area contributed by atoms with E-state index in [1.54, 1.807) is 12.1 Å². The molecule has 0 aliphatic heterocycles. The molecular weight excluding hydrogens is 285 g/mol. The minimum atomic E-state index is -0.195. The molecule has 0 amide bonds. The Bertz CT molecular complexity index is 449. The normalized spacial score (nSPS) is 24.0. The van der Waals surface area contributed by atoms with E-state index in [1.165, 1.54) is 38.2 Å². The number of hydrogen-bond acceptors (Lipinski definition) is 1. The van der Waals surface area contributed by atoms with Gasteiger partial charge in [-0.25, -0.2) is 4.39 Å². The van der Waals surface area contributed by atoms with Gasteiger partial charge in [-0.1, -0.05) is 44.7 Å². The number of likely N-dealkylation sites (N-methyl/N-ethyl adjacent to an activating group) is 1. The third-order valence-corrected chi connectivity index (χ3v) is 5.25. The van der Waals surface area contributed by atoms with Crippen LogP contribution in [-0.2, 0) is 6.42 Å². The molecule has 1 N–H and O–H groups in total. The number of halogens is 2. The van der Waals surface area contributed by atoms with Crippen LogP contribution in [-0.4, -0.2) is 12.6 Å². The lowest BCUT2D eigenvalue weighted by molar-refractivity contribution is 0.208. The molecule has 21 heavy (non-hydrogen) atoms. The van der Waals surface area contributed by atoms with Crippen molar-refractivity contribution < 1.29 is 4.39 Å². The second-order valence-electron chi connectivity index (χ2n) is 6.30. The maximum Gasteiger partial charge on any atom is 0.123 e. The number of benzene rings is 1. The van der Waals surface area contributed by atoms with Gasteiger partial charge in [0.25, 0.3) is 0 Å². The highest BCUT2D eigenvalue weighted by atomic mass is 35.5. The average molecular weight is 312 g/mol. The van der Waals surface area contributed by atoms with Crippen molar-refractivity contribution in [2.24, 2.45) is 11.8 Å². The molecule has 1 fully saturated rings. The van der Waals surface area contributed by atoms with E-state index in [0.717, 1.165) is 24.4 Å². The molecule has 0 bridgehead atoms. The molecule has 0 heterocycles. The van der Waals surface area contributed by atoms with Crippen LogP contribution < -0.4 is 5.32 Å². The average Bonchev–Trinajstić information content (AvgIpc) is 2.50. The van der Waals surface area contributed by atoms with Crippen molar-refractivity contribution in [3.05, 3.63) is 34.6 Å². The summed E-state index contributed by atoms with van der Waals surface area (Å²) in [5, 5.41) is 4.29. The molecule has 1 aromatic rings. The van der Waals surface area contributed by atoms with E-state index in [9.17, 15) is 4.39 Å². The van der Waals surface area contributed by atoms with Crippen LogP contribution in [0.15, 0.2) is 18.2 Å². The standard InChI is InChI=1S/C18H27ClFN/c1-3-13-6-5-7-14(10-13)18(21-4-2)12-15-11-16(20)8-9-17(15)19/h8-9,11,13-14,18,21H,3-7,10,12H2,1-2H3. The van der Waals surface area contributed by atoms with Gasteiger partial charge in [-0.3, -0.25) is 0 Å². The molecule has 1 saturated carbocycles. The summed E-state index contributed by atoms with van der Waals surface area (Å²) in [6.45, 7) is 5.38. The lowest BCUT2D eigenvalue weighted by Gasteiger charge is -2.35. The van der Waals surface area contributed by atoms with Gasteiger partial charge in [0.15, 0.2) is 0 Å². The van der Waals surface area contributed by atoms with Gasteiger partial charge < -0.3 is 5.32 Å². The zero-order chi connectivity index (χ0) is 15.2. The summed E-state index contributed by atoms with van der Waals surface area (Å²) in [5.41, 5.74) is 0.932. The predicted octanol–water partition coefficient (Wildman–Crippen LogP) is 5.22. The Labute approximate surface area is 133 Å². The topological polar surface area (TPSA) is 12.0 Å². The minimum absolute atomic E-state index is 0.195. The van der Waals surface area contributed by atoms with Crippen LogP contribution >= 0.6 is 11.6 Å². The van der Waals surface area contributed by atoms with Crippen LogP contribution in [0.4, 0.5) is 4.39 Å². The summed E-state index contributed by atoms with van der Waals surface area (Å²) < 4.78 is 13.5. The van der Waals surface area contributed by atoms with E-state index in [2.05, 4.69) is 19.2 Å². The Balaban J connectivity index is 2.09. The maximum atomic E-state index is 13.5. The van der Waals surface area contributed by atoms with Crippen molar-refractivity contribution in [1.82, 2.24) is 5.32 Å². The van der Waals surface area contributed by atoms with Gasteiger partial charge in [0.05, 0.1) is 0 Å². The Morgan fingerprint density at radius 1 is 1.33 bits per heavy atom. The third-order valence-electron chi connectivity index (χ3n) is 4.88. The maximum absolute atomic E-state index is 13.5. The minimum Gasteiger partial charge on any atom is -0.314 e. The fourth-order valence-electron chi connectivity index (χ4n) is 3.67. The monoisotopic (exact) mass is 311 g/mol. The first-order valence-electron chi connectivity index (χ1n) is 8.31. The Morgan fingerprint density at radius 2 is 2.14 bits per heavy atom. The summed E-state index contributed by atoms with van der Waals surface area (Å²) in [6.07, 6.45) is 7.36. The van der Waals surface area contributed by atoms with Crippen molar-refractivity contribution >= 4 is 11.6 Å². The molecule has 3 heteroatoms. The molecule has 1 nitrogen and oxygen atoms in total. The first-order chi connectivity index (χ1) is 10.1. The van der Waals surface area contributed by atoms with Crippen molar-refractivity contribution in [3.8, 4) is 0 Å². The molecule has 3 atom stereocenters. The summed E-state index contributed by atoms with van der Waals surface area (Å²) in [7, 11) is 0. The summed E-state index contributed by atoms with van der Waals surface area (Å²) in [6, 6.07) is 5.10. The molecule has 0 saturated heterocycles. The molecule has 1 aliphatic carbocycles. The van der Waals surface area contributed by atoms with Gasteiger partial charge >= 0.3 is 0 Å². The largest absolute Gasteiger partial charge is 0.314 e. The van der Waals surface area contributed by atoms with Crippen LogP contribution in [0.1, 0.15) is 51.5 Å². The first-order valence-corrected chi connectivity index (χ1v) is 8.69. The van der Waals surface area contributed by atoms with Crippen LogP contribution in [0, 0.1) is 17.7 Å². The molecule has 1 aromatic carbocycles. The quantitative estimate of drug-likeness (QED) is 0.760. The number of hydrogen-bond donors (Lipinski definition) is 1. The fourth-order valence-corrected chi connectivity index (χ4v) is 3.87. The van der Waals surface area contributed by atoms with Gasteiger partial charge in [0.1, 0.15) is 5.82 Å². The van der Waals surface area contributed by atoms with Crippen molar-refractivity contribution in [2.75, 3.05) is 6.54 Å². The molecule has 118 valence electrons. The van der Waals surface area contributed by atoms with E-state index < -0.39 is 0 Å². The summed E-state index contributed by atoms with van der Waals surface area (Å²) in [4.78, 5) is 0. The van der Waals surface area contributed by atoms with Crippen LogP contribution in [0.5, 0.6) is 0 Å². The molecular formula is C18H27ClFN. The van der Waals surface area contributed by atoms with Gasteiger partial charge in [-0.15, -0.1) is 0 Å². The smallest absolute Gasteiger partial charge is 0.123 e. The molecule has 3 unspecified atom stereocenters. The first kappa shape index (κ1) is 16.8. The van der Waals surface area contributed by atoms with E-state index in [0.29, 0.717) is 17.0 Å². The summed E-state index contributed by atoms with van der Waals surface area (Å²) >= 11 is 6.24. The highest BCUT2D eigenvalue weighted by molar-refractivity contribution is 6.31. The zero-order valence-corrected chi connectivity index (χ0v) is 13.9. The SMILES string of the molecule is CCNC(Cc1cc(F)ccc1Cl)C1CCCC(CC)C1. The molecule has 0 radical (unpaired) electrons. The van der Waals surface area contributed by atoms with Crippen molar-refractivity contribution in [3.63, 3.8) is 0 Å². The van der Waals surface area contributed by atoms with Gasteiger partial charge in [0, 0.05) is 11.1 Å². The second-order valence-corrected chi connectivity index (χ2v) is 6.71. The van der Waals surface area contributed by atoms with E-state index in [1.807, 2.05) is 0 Å². The fraction of sp³-hybridized carbons (Fsp3) is 0.667. The van der Waals surface area contributed by atoms with Crippen molar-refractivity contribution in [1.29, 1.82) is 0 Å². The Morgan fingerprint density at radius 3 is 2.86 bits per heavy atom. The highest BCUT2D eigenvalue weighted by Crippen LogP contribution is 2.34. The van der Waals surface area contributed by atoms with Gasteiger partial charge in [0.2, 0.25) is 0 Å². The summed E-state index contributed by atoms with van der Waals surface area (Å²) in [5.74, 6) is 1.34. The predicted molar refractivity (Wildman–Crippen MR) is 88.3 cm³/mol. The van der Waals surface area contributed by atoms with Crippen LogP contribution in [0.25, 0.3) is 0 Å². The van der Waals surface area contributed by atoms with E-state index >= 15 is 0 Å². The molecule has 0 aromatic heterocycles. The van der Waals surface area contributed by atoms with Crippen LogP contribution in [0.3, 0.4) is 0 Å². The molecule has 0 spiro atoms. The number of nitrogens with one attached hydrogen (secondary N) is 1. The van der Waals surface area contributed by atoms with E-state index in [-0.39, 0.29) is 5.82 Å². The Hall–Kier alpha value is -0.600. The Kier molecular flexibility index (Phi) is 6.50. The number of rotatable bonds is 6. The lowest BCUT2D eigenvalue weighted by Crippen LogP contribution is -2.40. The zero-order valence-electron chi connectivity index (χ0n) is 13.2. The van der Waals surface area contributed by atoms with Gasteiger partial charge in [-0.05, 0) is 61.4 Å². The van der Waals surface area contributed by atoms with E-state index in [4.69, 9.17) is 11.6 Å². The van der Waals surface area contributed by atoms with Gasteiger partial charge in [-0.2, -0.15) is 0 Å². The lowest BCUT2D eigenvalue weighted by atomic mass is 9.75. The van der Waals surface area contributed by atoms with Crippen LogP contribution in [0.2, 0.25) is 5.02 Å². The molecule has 2 rings (SSSR count). The second kappa shape index (κ2) is 8.14. The molecule has 1 aliphatic rings. The highest BCUT2D eigenvalue weighted by Gasteiger charge is 2.27. The van der Waals surface area contributed by atoms with Crippen molar-refractivity contribution in [2.45, 2.75) is 58.4 Å².